The van der Waals surface area contributed by atoms with Crippen molar-refractivity contribution < 1.29 is 19.1 Å². The molecule has 27 heavy (non-hydrogen) atoms. The fraction of sp³-hybridized carbons (Fsp3) is 0.238. The number of esters is 1. The number of hydrogen-bond donors (Lipinski definition) is 1. The van der Waals surface area contributed by atoms with Crippen molar-refractivity contribution in [3.8, 4) is 5.75 Å². The molecule has 6 heteroatoms. The van der Waals surface area contributed by atoms with Crippen LogP contribution in [0.1, 0.15) is 18.1 Å². The number of rotatable bonds is 8. The van der Waals surface area contributed by atoms with Crippen molar-refractivity contribution >= 4 is 33.9 Å². The van der Waals surface area contributed by atoms with Gasteiger partial charge in [0.2, 0.25) is 5.91 Å². The number of ether oxygens (including phenoxy) is 2. The highest BCUT2D eigenvalue weighted by atomic mass is 79.9. The number of benzene rings is 2. The Morgan fingerprint density at radius 3 is 2.59 bits per heavy atom. The maximum atomic E-state index is 12.4. The monoisotopic (exact) mass is 431 g/mol. The van der Waals surface area contributed by atoms with Gasteiger partial charge in [0.25, 0.3) is 0 Å². The van der Waals surface area contributed by atoms with E-state index in [0.29, 0.717) is 12.2 Å². The molecule has 5 nitrogen and oxygen atoms in total. The lowest BCUT2D eigenvalue weighted by molar-refractivity contribution is -0.146. The van der Waals surface area contributed by atoms with E-state index in [4.69, 9.17) is 9.47 Å². The molecule has 0 bridgehead atoms. The van der Waals surface area contributed by atoms with Gasteiger partial charge in [0.1, 0.15) is 11.8 Å². The van der Waals surface area contributed by atoms with Gasteiger partial charge in [-0.1, -0.05) is 46.3 Å². The van der Waals surface area contributed by atoms with Crippen molar-refractivity contribution in [1.82, 2.24) is 5.32 Å². The van der Waals surface area contributed by atoms with Crippen molar-refractivity contribution in [1.29, 1.82) is 0 Å². The van der Waals surface area contributed by atoms with Gasteiger partial charge in [0, 0.05) is 22.5 Å². The number of carbonyl (C=O) groups excluding carboxylic acids is 2. The number of carbonyl (C=O) groups is 2. The first-order valence-corrected chi connectivity index (χ1v) is 9.35. The van der Waals surface area contributed by atoms with Gasteiger partial charge in [-0.05, 0) is 36.8 Å². The lowest BCUT2D eigenvalue weighted by Gasteiger charge is -2.16. The fourth-order valence-corrected chi connectivity index (χ4v) is 2.89. The molecular formula is C21H22BrNO4. The molecule has 0 heterocycles. The summed E-state index contributed by atoms with van der Waals surface area (Å²) >= 11 is 3.40. The van der Waals surface area contributed by atoms with Gasteiger partial charge < -0.3 is 14.8 Å². The maximum Gasteiger partial charge on any atom is 0.328 e. The normalized spacial score (nSPS) is 11.8. The van der Waals surface area contributed by atoms with Gasteiger partial charge in [0.15, 0.2) is 0 Å². The summed E-state index contributed by atoms with van der Waals surface area (Å²) in [5.74, 6) is -0.192. The van der Waals surface area contributed by atoms with Crippen LogP contribution in [-0.4, -0.2) is 31.6 Å². The van der Waals surface area contributed by atoms with Crippen LogP contribution in [0.3, 0.4) is 0 Å². The number of hydrogen-bond acceptors (Lipinski definition) is 4. The first kappa shape index (κ1) is 20.7. The van der Waals surface area contributed by atoms with Crippen LogP contribution in [0.5, 0.6) is 5.75 Å². The summed E-state index contributed by atoms with van der Waals surface area (Å²) in [7, 11) is 1.57. The van der Waals surface area contributed by atoms with E-state index in [1.807, 2.05) is 42.5 Å². The van der Waals surface area contributed by atoms with E-state index in [0.717, 1.165) is 15.6 Å². The smallest absolute Gasteiger partial charge is 0.328 e. The van der Waals surface area contributed by atoms with Gasteiger partial charge in [0.05, 0.1) is 13.7 Å². The number of amides is 1. The molecule has 0 fully saturated rings. The zero-order valence-corrected chi connectivity index (χ0v) is 16.9. The third kappa shape index (κ3) is 6.57. The van der Waals surface area contributed by atoms with Crippen LogP contribution in [0.15, 0.2) is 59.1 Å². The third-order valence-corrected chi connectivity index (χ3v) is 4.27. The molecule has 142 valence electrons. The van der Waals surface area contributed by atoms with E-state index in [1.165, 1.54) is 6.08 Å². The van der Waals surface area contributed by atoms with Crippen LogP contribution >= 0.6 is 15.9 Å². The van der Waals surface area contributed by atoms with Crippen LogP contribution in [0.2, 0.25) is 0 Å². The number of halogens is 1. The summed E-state index contributed by atoms with van der Waals surface area (Å²) < 4.78 is 11.2. The minimum Gasteiger partial charge on any atom is -0.496 e. The van der Waals surface area contributed by atoms with Crippen LogP contribution in [0.4, 0.5) is 0 Å². The zero-order valence-electron chi connectivity index (χ0n) is 15.3. The fourth-order valence-electron chi connectivity index (χ4n) is 2.51. The summed E-state index contributed by atoms with van der Waals surface area (Å²) in [5, 5.41) is 2.72. The Labute approximate surface area is 167 Å². The summed E-state index contributed by atoms with van der Waals surface area (Å²) in [5.41, 5.74) is 1.69. The van der Waals surface area contributed by atoms with Gasteiger partial charge in [-0.15, -0.1) is 0 Å². The van der Waals surface area contributed by atoms with E-state index in [9.17, 15) is 9.59 Å². The van der Waals surface area contributed by atoms with Crippen molar-refractivity contribution in [3.63, 3.8) is 0 Å². The van der Waals surface area contributed by atoms with Crippen LogP contribution in [-0.2, 0) is 20.7 Å². The Hall–Kier alpha value is -2.60. The molecule has 0 spiro atoms. The molecule has 1 atom stereocenters. The number of methoxy groups -OCH3 is 1. The van der Waals surface area contributed by atoms with Crippen molar-refractivity contribution in [2.24, 2.45) is 0 Å². The van der Waals surface area contributed by atoms with E-state index in [1.54, 1.807) is 26.2 Å². The lowest BCUT2D eigenvalue weighted by Crippen LogP contribution is -2.42. The first-order valence-electron chi connectivity index (χ1n) is 8.56. The van der Waals surface area contributed by atoms with Crippen molar-refractivity contribution in [2.45, 2.75) is 19.4 Å². The van der Waals surface area contributed by atoms with E-state index in [2.05, 4.69) is 21.2 Å². The highest BCUT2D eigenvalue weighted by molar-refractivity contribution is 9.10. The van der Waals surface area contributed by atoms with E-state index < -0.39 is 12.0 Å². The summed E-state index contributed by atoms with van der Waals surface area (Å²) in [6.45, 7) is 1.99. The van der Waals surface area contributed by atoms with Crippen LogP contribution < -0.4 is 10.1 Å². The van der Waals surface area contributed by atoms with Gasteiger partial charge in [-0.2, -0.15) is 0 Å². The predicted molar refractivity (Wildman–Crippen MR) is 108 cm³/mol. The highest BCUT2D eigenvalue weighted by Crippen LogP contribution is 2.24. The SMILES string of the molecule is CCOC(=O)C(Cc1ccccc1)NC(=O)C=Cc1cc(Br)ccc1OC. The number of nitrogens with one attached hydrogen (secondary N) is 1. The standard InChI is InChI=1S/C21H22BrNO4/c1-3-27-21(25)18(13-15-7-5-4-6-8-15)23-20(24)12-9-16-14-17(22)10-11-19(16)26-2/h4-12,14,18H,3,13H2,1-2H3,(H,23,24). The first-order chi connectivity index (χ1) is 13.0. The predicted octanol–water partition coefficient (Wildman–Crippen LogP) is 3.76. The molecule has 0 aliphatic heterocycles. The molecule has 0 saturated heterocycles. The van der Waals surface area contributed by atoms with Gasteiger partial charge in [-0.25, -0.2) is 4.79 Å². The molecule has 0 saturated carbocycles. The Balaban J connectivity index is 2.10. The van der Waals surface area contributed by atoms with Gasteiger partial charge in [-0.3, -0.25) is 4.79 Å². The molecule has 2 rings (SSSR count). The molecule has 2 aromatic rings. The molecule has 2 aromatic carbocycles. The third-order valence-electron chi connectivity index (χ3n) is 3.78. The lowest BCUT2D eigenvalue weighted by atomic mass is 10.1. The van der Waals surface area contributed by atoms with Crippen molar-refractivity contribution in [2.75, 3.05) is 13.7 Å². The summed E-state index contributed by atoms with van der Waals surface area (Å²) in [4.78, 5) is 24.6. The molecule has 0 aliphatic rings. The minimum atomic E-state index is -0.756. The molecule has 1 amide bonds. The second-order valence-electron chi connectivity index (χ2n) is 5.72. The Morgan fingerprint density at radius 2 is 1.93 bits per heavy atom. The van der Waals surface area contributed by atoms with Gasteiger partial charge >= 0.3 is 5.97 Å². The topological polar surface area (TPSA) is 64.6 Å². The Morgan fingerprint density at radius 1 is 1.19 bits per heavy atom. The summed E-state index contributed by atoms with van der Waals surface area (Å²) in [6, 6.07) is 14.2. The quantitative estimate of drug-likeness (QED) is 0.510. The van der Waals surface area contributed by atoms with Crippen molar-refractivity contribution in [3.05, 3.63) is 70.2 Å². The average Bonchev–Trinajstić information content (AvgIpc) is 2.67. The van der Waals surface area contributed by atoms with Crippen LogP contribution in [0.25, 0.3) is 6.08 Å². The van der Waals surface area contributed by atoms with E-state index in [-0.39, 0.29) is 12.5 Å². The Kier molecular flexibility index (Phi) is 8.07. The van der Waals surface area contributed by atoms with Crippen LogP contribution in [0, 0.1) is 0 Å². The molecule has 0 radical (unpaired) electrons. The Bertz CT molecular complexity index is 805. The molecule has 0 aliphatic carbocycles. The maximum absolute atomic E-state index is 12.4. The highest BCUT2D eigenvalue weighted by Gasteiger charge is 2.21. The minimum absolute atomic E-state index is 0.255. The second kappa shape index (κ2) is 10.5. The largest absolute Gasteiger partial charge is 0.496 e. The average molecular weight is 432 g/mol. The molecule has 0 aromatic heterocycles. The molecule has 1 unspecified atom stereocenters. The second-order valence-corrected chi connectivity index (χ2v) is 6.64. The van der Waals surface area contributed by atoms with E-state index >= 15 is 0 Å². The zero-order chi connectivity index (χ0) is 19.6. The summed E-state index contributed by atoms with van der Waals surface area (Å²) in [6.07, 6.45) is 3.38. The molecular weight excluding hydrogens is 410 g/mol. The molecule has 1 N–H and O–H groups in total.